The summed E-state index contributed by atoms with van der Waals surface area (Å²) in [5.74, 6) is -1.33. The Morgan fingerprint density at radius 3 is 2.42 bits per heavy atom. The van der Waals surface area contributed by atoms with E-state index in [4.69, 9.17) is 24.5 Å². The third-order valence-corrected chi connectivity index (χ3v) is 7.49. The first kappa shape index (κ1) is 38.2. The molecule has 0 radical (unpaired) electrons. The number of benzene rings is 1. The number of imide groups is 1. The second-order valence-electron chi connectivity index (χ2n) is 12.3. The predicted octanol–water partition coefficient (Wildman–Crippen LogP) is 3.54. The van der Waals surface area contributed by atoms with Gasteiger partial charge in [-0.15, -0.1) is 0 Å². The van der Waals surface area contributed by atoms with E-state index in [1.165, 1.54) is 4.90 Å². The van der Waals surface area contributed by atoms with Crippen molar-refractivity contribution in [3.8, 4) is 0 Å². The van der Waals surface area contributed by atoms with Crippen molar-refractivity contribution in [3.05, 3.63) is 39.8 Å². The van der Waals surface area contributed by atoms with Crippen molar-refractivity contribution in [1.29, 1.82) is 0 Å². The molecule has 1 atom stereocenters. The second-order valence-corrected chi connectivity index (χ2v) is 12.3. The molecule has 0 spiro atoms. The molecule has 1 fully saturated rings. The first-order valence-electron chi connectivity index (χ1n) is 16.3. The van der Waals surface area contributed by atoms with Gasteiger partial charge >= 0.3 is 6.09 Å². The highest BCUT2D eigenvalue weighted by molar-refractivity contribution is 6.06. The molecule has 2 N–H and O–H groups in total. The molecule has 0 aliphatic carbocycles. The van der Waals surface area contributed by atoms with Crippen molar-refractivity contribution < 1.29 is 42.9 Å². The number of ether oxygens (including phenoxy) is 4. The smallest absolute Gasteiger partial charge is 0.410 e. The molecule has 5 amide bonds. The summed E-state index contributed by atoms with van der Waals surface area (Å²) in [5, 5.41) is 8.58. The van der Waals surface area contributed by atoms with Crippen LogP contribution < -0.4 is 10.6 Å². The molecule has 48 heavy (non-hydrogen) atoms. The summed E-state index contributed by atoms with van der Waals surface area (Å²) in [4.78, 5) is 68.3. The van der Waals surface area contributed by atoms with Crippen LogP contribution in [-0.2, 0) is 39.9 Å². The minimum Gasteiger partial charge on any atom is -0.444 e. The summed E-state index contributed by atoms with van der Waals surface area (Å²) >= 11 is 0. The molecule has 0 saturated carbocycles. The van der Waals surface area contributed by atoms with Gasteiger partial charge in [0.15, 0.2) is 0 Å². The quantitative estimate of drug-likeness (QED) is 0.0682. The molecule has 1 aromatic rings. The lowest BCUT2D eigenvalue weighted by molar-refractivity contribution is -0.137. The molecule has 0 aromatic heterocycles. The van der Waals surface area contributed by atoms with E-state index in [1.807, 2.05) is 0 Å². The third kappa shape index (κ3) is 12.8. The van der Waals surface area contributed by atoms with Crippen LogP contribution in [0.2, 0.25) is 0 Å². The summed E-state index contributed by atoms with van der Waals surface area (Å²) < 4.78 is 21.9. The number of piperidine rings is 1. The number of nitrogens with zero attached hydrogens (tertiary/aromatic N) is 5. The molecular weight excluding hydrogens is 626 g/mol. The van der Waals surface area contributed by atoms with Crippen LogP contribution >= 0.6 is 0 Å². The molecule has 1 saturated heterocycles. The van der Waals surface area contributed by atoms with E-state index in [9.17, 15) is 24.0 Å². The SMILES string of the molecule is CC(C)(C)OC(=O)N(CCCCCC(=O)Nc1cccc2c1CN(C1CCC(=O)NC1=O)C2=O)CCOCCOCCOCCN=[N+]=[N-]. The molecule has 16 heteroatoms. The Balaban J connectivity index is 1.37. The highest BCUT2D eigenvalue weighted by Crippen LogP contribution is 2.32. The standard InChI is InChI=1S/C32H47N7O9/c1-32(2,3)48-31(44)38(15-17-46-19-21-47-20-18-45-16-13-34-37-33)14-6-4-5-10-27(40)35-25-9-7-8-23-24(25)22-39(30(23)43)26-11-12-28(41)36-29(26)42/h7-9,26H,4-6,10-22H2,1-3H3,(H,35,40)(H,36,41,42). The fourth-order valence-corrected chi connectivity index (χ4v) is 5.17. The van der Waals surface area contributed by atoms with Gasteiger partial charge in [0.2, 0.25) is 17.7 Å². The van der Waals surface area contributed by atoms with Gasteiger partial charge in [-0.3, -0.25) is 24.5 Å². The van der Waals surface area contributed by atoms with Gasteiger partial charge in [0.05, 0.1) is 39.6 Å². The Bertz CT molecular complexity index is 1330. The maximum atomic E-state index is 13.0. The highest BCUT2D eigenvalue weighted by Gasteiger charge is 2.40. The number of carbonyl (C=O) groups is 5. The topological polar surface area (TPSA) is 202 Å². The number of azide groups is 1. The van der Waals surface area contributed by atoms with E-state index in [0.717, 1.165) is 0 Å². The number of amides is 5. The Kier molecular flexibility index (Phi) is 15.6. The van der Waals surface area contributed by atoms with Gasteiger partial charge in [-0.25, -0.2) is 4.79 Å². The van der Waals surface area contributed by atoms with Crippen LogP contribution in [0.5, 0.6) is 0 Å². The number of rotatable bonds is 20. The molecular formula is C32H47N7O9. The molecule has 16 nitrogen and oxygen atoms in total. The van der Waals surface area contributed by atoms with Gasteiger partial charge < -0.3 is 34.1 Å². The van der Waals surface area contributed by atoms with E-state index in [0.29, 0.717) is 88.8 Å². The number of fused-ring (bicyclic) bond motifs is 1. The Hall–Kier alpha value is -4.24. The molecule has 1 unspecified atom stereocenters. The van der Waals surface area contributed by atoms with Crippen molar-refractivity contribution in [2.75, 3.05) is 64.6 Å². The van der Waals surface area contributed by atoms with Gasteiger partial charge in [0.1, 0.15) is 11.6 Å². The highest BCUT2D eigenvalue weighted by atomic mass is 16.6. The number of unbranched alkanes of at least 4 members (excludes halogenated alkanes) is 2. The van der Waals surface area contributed by atoms with Crippen molar-refractivity contribution in [1.82, 2.24) is 15.1 Å². The molecule has 2 aliphatic rings. The van der Waals surface area contributed by atoms with Crippen molar-refractivity contribution >= 4 is 35.4 Å². The largest absolute Gasteiger partial charge is 0.444 e. The molecule has 3 rings (SSSR count). The number of nitrogens with one attached hydrogen (secondary N) is 2. The first-order chi connectivity index (χ1) is 23.0. The predicted molar refractivity (Wildman–Crippen MR) is 174 cm³/mol. The lowest BCUT2D eigenvalue weighted by Gasteiger charge is -2.29. The zero-order valence-electron chi connectivity index (χ0n) is 28.0. The second kappa shape index (κ2) is 19.5. The van der Waals surface area contributed by atoms with Gasteiger partial charge in [0.25, 0.3) is 5.91 Å². The number of anilines is 1. The summed E-state index contributed by atoms with van der Waals surface area (Å²) in [7, 11) is 0. The lowest BCUT2D eigenvalue weighted by atomic mass is 10.0. The zero-order chi connectivity index (χ0) is 34.9. The van der Waals surface area contributed by atoms with Gasteiger partial charge in [-0.05, 0) is 57.7 Å². The van der Waals surface area contributed by atoms with Crippen LogP contribution in [0.3, 0.4) is 0 Å². The minimum absolute atomic E-state index is 0.167. The first-order valence-corrected chi connectivity index (χ1v) is 16.3. The number of carbonyl (C=O) groups excluding carboxylic acids is 5. The molecule has 0 bridgehead atoms. The van der Waals surface area contributed by atoms with Crippen LogP contribution in [0.15, 0.2) is 23.3 Å². The molecule has 2 heterocycles. The molecule has 2 aliphatic heterocycles. The summed E-state index contributed by atoms with van der Waals surface area (Å²) in [5.41, 5.74) is 9.18. The minimum atomic E-state index is -0.730. The van der Waals surface area contributed by atoms with Gasteiger partial charge in [0, 0.05) is 60.7 Å². The van der Waals surface area contributed by atoms with Crippen molar-refractivity contribution in [3.63, 3.8) is 0 Å². The monoisotopic (exact) mass is 673 g/mol. The fourth-order valence-electron chi connectivity index (χ4n) is 5.17. The summed E-state index contributed by atoms with van der Waals surface area (Å²) in [6.45, 7) is 8.78. The van der Waals surface area contributed by atoms with Crippen molar-refractivity contribution in [2.24, 2.45) is 5.11 Å². The average molecular weight is 674 g/mol. The molecule has 264 valence electrons. The Morgan fingerprint density at radius 1 is 1.02 bits per heavy atom. The van der Waals surface area contributed by atoms with E-state index in [-0.39, 0.29) is 50.1 Å². The van der Waals surface area contributed by atoms with Crippen LogP contribution in [0.4, 0.5) is 10.5 Å². The van der Waals surface area contributed by atoms with Gasteiger partial charge in [-0.2, -0.15) is 0 Å². The van der Waals surface area contributed by atoms with E-state index < -0.39 is 23.6 Å². The maximum absolute atomic E-state index is 13.0. The zero-order valence-corrected chi connectivity index (χ0v) is 28.0. The van der Waals surface area contributed by atoms with Crippen LogP contribution in [-0.4, -0.2) is 110 Å². The average Bonchev–Trinajstić information content (AvgIpc) is 3.36. The maximum Gasteiger partial charge on any atom is 0.410 e. The lowest BCUT2D eigenvalue weighted by Crippen LogP contribution is -2.52. The number of hydrogen-bond acceptors (Lipinski definition) is 10. The summed E-state index contributed by atoms with van der Waals surface area (Å²) in [6, 6.07) is 4.36. The van der Waals surface area contributed by atoms with Crippen LogP contribution in [0, 0.1) is 0 Å². The fraction of sp³-hybridized carbons (Fsp3) is 0.656. The summed E-state index contributed by atoms with van der Waals surface area (Å²) in [6.07, 6.45) is 2.19. The van der Waals surface area contributed by atoms with E-state index in [2.05, 4.69) is 20.7 Å². The van der Waals surface area contributed by atoms with Crippen molar-refractivity contribution in [2.45, 2.75) is 77.5 Å². The van der Waals surface area contributed by atoms with E-state index in [1.54, 1.807) is 43.9 Å². The van der Waals surface area contributed by atoms with E-state index >= 15 is 0 Å². The third-order valence-electron chi connectivity index (χ3n) is 7.49. The van der Waals surface area contributed by atoms with Crippen LogP contribution in [0.25, 0.3) is 10.4 Å². The number of hydrogen-bond donors (Lipinski definition) is 2. The van der Waals surface area contributed by atoms with Crippen LogP contribution in [0.1, 0.15) is 75.2 Å². The molecule has 1 aromatic carbocycles. The van der Waals surface area contributed by atoms with Gasteiger partial charge in [-0.1, -0.05) is 17.6 Å². The Morgan fingerprint density at radius 2 is 1.73 bits per heavy atom. The normalized spacial score (nSPS) is 15.9. The Labute approximate surface area is 280 Å².